The van der Waals surface area contributed by atoms with Crippen molar-refractivity contribution in [1.29, 1.82) is 0 Å². The van der Waals surface area contributed by atoms with Crippen LogP contribution in [0.25, 0.3) is 0 Å². The molecule has 1 atom stereocenters. The Balaban J connectivity index is 2.09. The zero-order valence-electron chi connectivity index (χ0n) is 12.0. The van der Waals surface area contributed by atoms with Crippen LogP contribution in [0.15, 0.2) is 24.3 Å². The standard InChI is InChI=1S/C15H23N3O/c1-17(2)13-8-6-12(7-9-13)15(19)18(3)14(10-16)11-4-5-11/h6-9,11,14H,4-5,10,16H2,1-3H3. The van der Waals surface area contributed by atoms with Crippen LogP contribution < -0.4 is 10.6 Å². The van der Waals surface area contributed by atoms with E-state index >= 15 is 0 Å². The predicted octanol–water partition coefficient (Wildman–Crippen LogP) is 1.56. The third-order valence-electron chi connectivity index (χ3n) is 3.86. The third kappa shape index (κ3) is 3.07. The molecule has 4 nitrogen and oxygen atoms in total. The number of carbonyl (C=O) groups is 1. The van der Waals surface area contributed by atoms with Crippen LogP contribution in [0, 0.1) is 5.92 Å². The molecule has 1 unspecified atom stereocenters. The van der Waals surface area contributed by atoms with Crippen molar-refractivity contribution >= 4 is 11.6 Å². The van der Waals surface area contributed by atoms with Gasteiger partial charge in [0, 0.05) is 45.0 Å². The minimum atomic E-state index is 0.0626. The predicted molar refractivity (Wildman–Crippen MR) is 78.4 cm³/mol. The number of carbonyl (C=O) groups excluding carboxylic acids is 1. The highest BCUT2D eigenvalue weighted by molar-refractivity contribution is 5.94. The van der Waals surface area contributed by atoms with Crippen molar-refractivity contribution < 1.29 is 4.79 Å². The molecule has 1 aromatic carbocycles. The van der Waals surface area contributed by atoms with Crippen LogP contribution in [0.4, 0.5) is 5.69 Å². The Morgan fingerprint density at radius 1 is 1.26 bits per heavy atom. The van der Waals surface area contributed by atoms with Crippen LogP contribution in [0.3, 0.4) is 0 Å². The van der Waals surface area contributed by atoms with E-state index in [2.05, 4.69) is 0 Å². The van der Waals surface area contributed by atoms with Gasteiger partial charge in [0.05, 0.1) is 0 Å². The van der Waals surface area contributed by atoms with Crippen molar-refractivity contribution in [2.75, 3.05) is 32.6 Å². The highest BCUT2D eigenvalue weighted by Gasteiger charge is 2.34. The summed E-state index contributed by atoms with van der Waals surface area (Å²) in [6.45, 7) is 0.544. The maximum absolute atomic E-state index is 12.4. The molecule has 2 N–H and O–H groups in total. The van der Waals surface area contributed by atoms with Gasteiger partial charge in [-0.3, -0.25) is 4.79 Å². The molecule has 1 fully saturated rings. The second-order valence-corrected chi connectivity index (χ2v) is 5.50. The molecule has 104 valence electrons. The molecular weight excluding hydrogens is 238 g/mol. The highest BCUT2D eigenvalue weighted by Crippen LogP contribution is 2.34. The maximum Gasteiger partial charge on any atom is 0.253 e. The summed E-state index contributed by atoms with van der Waals surface area (Å²) < 4.78 is 0. The van der Waals surface area contributed by atoms with Gasteiger partial charge < -0.3 is 15.5 Å². The first-order valence-electron chi connectivity index (χ1n) is 6.79. The van der Waals surface area contributed by atoms with E-state index in [9.17, 15) is 4.79 Å². The topological polar surface area (TPSA) is 49.6 Å². The number of hydrogen-bond acceptors (Lipinski definition) is 3. The van der Waals surface area contributed by atoms with Gasteiger partial charge in [0.15, 0.2) is 0 Å². The molecule has 1 aromatic rings. The number of hydrogen-bond donors (Lipinski definition) is 1. The summed E-state index contributed by atoms with van der Waals surface area (Å²) in [5.74, 6) is 0.660. The lowest BCUT2D eigenvalue weighted by Gasteiger charge is -2.27. The fourth-order valence-electron chi connectivity index (χ4n) is 2.40. The summed E-state index contributed by atoms with van der Waals surface area (Å²) in [5.41, 5.74) is 7.62. The molecule has 1 amide bonds. The number of rotatable bonds is 5. The summed E-state index contributed by atoms with van der Waals surface area (Å²) in [4.78, 5) is 16.2. The van der Waals surface area contributed by atoms with Gasteiger partial charge in [0.2, 0.25) is 0 Å². The average molecular weight is 261 g/mol. The van der Waals surface area contributed by atoms with E-state index in [1.165, 1.54) is 12.8 Å². The molecule has 0 spiro atoms. The zero-order valence-corrected chi connectivity index (χ0v) is 12.0. The van der Waals surface area contributed by atoms with Crippen molar-refractivity contribution in [3.8, 4) is 0 Å². The molecule has 0 radical (unpaired) electrons. The zero-order chi connectivity index (χ0) is 14.0. The second-order valence-electron chi connectivity index (χ2n) is 5.50. The minimum Gasteiger partial charge on any atom is -0.378 e. The van der Waals surface area contributed by atoms with E-state index in [-0.39, 0.29) is 11.9 Å². The van der Waals surface area contributed by atoms with Gasteiger partial charge in [0.25, 0.3) is 5.91 Å². The Labute approximate surface area is 115 Å². The third-order valence-corrected chi connectivity index (χ3v) is 3.86. The number of benzene rings is 1. The molecule has 1 aliphatic carbocycles. The smallest absolute Gasteiger partial charge is 0.253 e. The molecular formula is C15H23N3O. The first-order valence-corrected chi connectivity index (χ1v) is 6.79. The van der Waals surface area contributed by atoms with Crippen molar-refractivity contribution in [2.24, 2.45) is 11.7 Å². The van der Waals surface area contributed by atoms with E-state index in [0.29, 0.717) is 12.5 Å². The number of amides is 1. The van der Waals surface area contributed by atoms with Crippen LogP contribution in [0.5, 0.6) is 0 Å². The second kappa shape index (κ2) is 5.61. The summed E-state index contributed by atoms with van der Waals surface area (Å²) in [7, 11) is 5.83. The SMILES string of the molecule is CN(C)c1ccc(C(=O)N(C)C(CN)C2CC2)cc1. The Kier molecular flexibility index (Phi) is 4.10. The summed E-state index contributed by atoms with van der Waals surface area (Å²) in [5, 5.41) is 0. The molecule has 1 aliphatic rings. The molecule has 0 heterocycles. The fraction of sp³-hybridized carbons (Fsp3) is 0.533. The molecule has 0 aromatic heterocycles. The Morgan fingerprint density at radius 3 is 2.26 bits per heavy atom. The molecule has 2 rings (SSSR count). The molecule has 19 heavy (non-hydrogen) atoms. The van der Waals surface area contributed by atoms with Crippen LogP contribution in [0.1, 0.15) is 23.2 Å². The van der Waals surface area contributed by atoms with E-state index in [1.807, 2.05) is 55.2 Å². The van der Waals surface area contributed by atoms with Crippen molar-refractivity contribution in [3.05, 3.63) is 29.8 Å². The van der Waals surface area contributed by atoms with Crippen LogP contribution in [-0.2, 0) is 0 Å². The van der Waals surface area contributed by atoms with Gasteiger partial charge in [-0.05, 0) is 43.0 Å². The van der Waals surface area contributed by atoms with E-state index in [0.717, 1.165) is 11.3 Å². The van der Waals surface area contributed by atoms with Crippen molar-refractivity contribution in [1.82, 2.24) is 4.90 Å². The molecule has 1 saturated carbocycles. The number of nitrogens with two attached hydrogens (primary N) is 1. The van der Waals surface area contributed by atoms with Crippen molar-refractivity contribution in [3.63, 3.8) is 0 Å². The average Bonchev–Trinajstić information content (AvgIpc) is 3.23. The Morgan fingerprint density at radius 2 is 1.84 bits per heavy atom. The molecule has 0 aliphatic heterocycles. The Hall–Kier alpha value is -1.55. The van der Waals surface area contributed by atoms with Gasteiger partial charge >= 0.3 is 0 Å². The summed E-state index contributed by atoms with van der Waals surface area (Å²) in [6, 6.07) is 7.88. The molecule has 0 bridgehead atoms. The van der Waals surface area contributed by atoms with E-state index in [1.54, 1.807) is 0 Å². The monoisotopic (exact) mass is 261 g/mol. The van der Waals surface area contributed by atoms with Crippen LogP contribution in [-0.4, -0.2) is 44.5 Å². The van der Waals surface area contributed by atoms with Crippen LogP contribution in [0.2, 0.25) is 0 Å². The van der Waals surface area contributed by atoms with E-state index in [4.69, 9.17) is 5.73 Å². The Bertz CT molecular complexity index is 437. The van der Waals surface area contributed by atoms with Gasteiger partial charge in [-0.25, -0.2) is 0 Å². The number of anilines is 1. The van der Waals surface area contributed by atoms with Crippen molar-refractivity contribution in [2.45, 2.75) is 18.9 Å². The first-order chi connectivity index (χ1) is 9.04. The largest absolute Gasteiger partial charge is 0.378 e. The molecule has 4 heteroatoms. The number of likely N-dealkylation sites (N-methyl/N-ethyl adjacent to an activating group) is 1. The number of nitrogens with zero attached hydrogens (tertiary/aromatic N) is 2. The maximum atomic E-state index is 12.4. The lowest BCUT2D eigenvalue weighted by molar-refractivity contribution is 0.0718. The van der Waals surface area contributed by atoms with Gasteiger partial charge in [0.1, 0.15) is 0 Å². The first kappa shape index (κ1) is 13.9. The summed E-state index contributed by atoms with van der Waals surface area (Å²) >= 11 is 0. The quantitative estimate of drug-likeness (QED) is 0.875. The fourth-order valence-corrected chi connectivity index (χ4v) is 2.40. The minimum absolute atomic E-state index is 0.0626. The summed E-state index contributed by atoms with van der Waals surface area (Å²) in [6.07, 6.45) is 2.39. The van der Waals surface area contributed by atoms with Gasteiger partial charge in [-0.1, -0.05) is 0 Å². The molecule has 0 saturated heterocycles. The normalized spacial score (nSPS) is 16.0. The highest BCUT2D eigenvalue weighted by atomic mass is 16.2. The van der Waals surface area contributed by atoms with Gasteiger partial charge in [-0.2, -0.15) is 0 Å². The van der Waals surface area contributed by atoms with Gasteiger partial charge in [-0.15, -0.1) is 0 Å². The lowest BCUT2D eigenvalue weighted by atomic mass is 10.1. The lowest BCUT2D eigenvalue weighted by Crippen LogP contribution is -2.43. The van der Waals surface area contributed by atoms with Crippen LogP contribution >= 0.6 is 0 Å². The van der Waals surface area contributed by atoms with E-state index < -0.39 is 0 Å².